The van der Waals surface area contributed by atoms with Gasteiger partial charge in [-0.1, -0.05) is 83.9 Å². The molecule has 0 bridgehead atoms. The van der Waals surface area contributed by atoms with E-state index in [4.69, 9.17) is 8.85 Å². The summed E-state index contributed by atoms with van der Waals surface area (Å²) in [6.07, 6.45) is 7.99. The first-order valence-electron chi connectivity index (χ1n) is 9.15. The van der Waals surface area contributed by atoms with E-state index in [0.29, 0.717) is 5.92 Å². The monoisotopic (exact) mass is 346 g/mol. The zero-order chi connectivity index (χ0) is 18.0. The minimum atomic E-state index is -2.55. The molecule has 1 aromatic rings. The third kappa shape index (κ3) is 2.91. The Morgan fingerprint density at radius 3 is 2.42 bits per heavy atom. The summed E-state index contributed by atoms with van der Waals surface area (Å²) in [7, 11) is 1.16. The number of hydrogen-bond acceptors (Lipinski definition) is 2. The fourth-order valence-corrected chi connectivity index (χ4v) is 9.88. The zero-order valence-corrected chi connectivity index (χ0v) is 17.5. The third-order valence-corrected chi connectivity index (χ3v) is 11.6. The molecule has 0 aromatic heterocycles. The van der Waals surface area contributed by atoms with Crippen molar-refractivity contribution in [3.63, 3.8) is 0 Å². The number of hydrogen-bond donors (Lipinski definition) is 0. The summed E-state index contributed by atoms with van der Waals surface area (Å²) in [5.41, 5.74) is 2.72. The van der Waals surface area contributed by atoms with Gasteiger partial charge in [0.1, 0.15) is 0 Å². The van der Waals surface area contributed by atoms with Crippen LogP contribution in [0.1, 0.15) is 58.6 Å². The van der Waals surface area contributed by atoms with Gasteiger partial charge < -0.3 is 8.85 Å². The number of fused-ring (bicyclic) bond motifs is 1. The van der Waals surface area contributed by atoms with E-state index < -0.39 is 8.56 Å². The Labute approximate surface area is 149 Å². The van der Waals surface area contributed by atoms with Gasteiger partial charge in [0.15, 0.2) is 0 Å². The summed E-state index contributed by atoms with van der Waals surface area (Å²) >= 11 is 0. The molecule has 24 heavy (non-hydrogen) atoms. The summed E-state index contributed by atoms with van der Waals surface area (Å²) in [5.74, 6) is 0.552. The second-order valence-corrected chi connectivity index (χ2v) is 12.5. The summed E-state index contributed by atoms with van der Waals surface area (Å²) < 4.78 is 12.7. The van der Waals surface area contributed by atoms with Crippen molar-refractivity contribution in [3.05, 3.63) is 41.5 Å². The lowest BCUT2D eigenvalue weighted by atomic mass is 9.89. The molecule has 0 radical (unpaired) electrons. The lowest BCUT2D eigenvalue weighted by Gasteiger charge is -2.54. The van der Waals surface area contributed by atoms with Gasteiger partial charge in [-0.2, -0.15) is 0 Å². The molecule has 134 valence electrons. The standard InChI is InChI=1S/C21H34O2Si/c1-8-11-17(2)20(3,4)24(22-6,23-7)21(5)15-14-18-12-9-10-13-19(18)16-21/h9-10,12-15,17H,8,11,16H2,1-7H3. The minimum absolute atomic E-state index is 0.0118. The zero-order valence-electron chi connectivity index (χ0n) is 16.5. The fraction of sp³-hybridized carbons (Fsp3) is 0.619. The van der Waals surface area contributed by atoms with Crippen LogP contribution in [0.15, 0.2) is 30.3 Å². The summed E-state index contributed by atoms with van der Waals surface area (Å²) in [4.78, 5) is 0. The lowest BCUT2D eigenvalue weighted by Crippen LogP contribution is -2.61. The van der Waals surface area contributed by atoms with E-state index in [0.717, 1.165) is 6.42 Å². The quantitative estimate of drug-likeness (QED) is 0.566. The summed E-state index contributed by atoms with van der Waals surface area (Å²) in [5, 5.41) is -0.0752. The molecule has 0 N–H and O–H groups in total. The number of benzene rings is 1. The number of allylic oxidation sites excluding steroid dienone is 1. The minimum Gasteiger partial charge on any atom is -0.397 e. The Kier molecular flexibility index (Phi) is 5.78. The first kappa shape index (κ1) is 19.4. The SMILES string of the molecule is CCCC(C)C(C)(C)[Si](OC)(OC)C1(C)C=Cc2ccccc2C1. The Balaban J connectivity index is 2.51. The van der Waals surface area contributed by atoms with E-state index >= 15 is 0 Å². The van der Waals surface area contributed by atoms with Gasteiger partial charge in [0.2, 0.25) is 0 Å². The molecule has 1 aliphatic rings. The summed E-state index contributed by atoms with van der Waals surface area (Å²) in [6, 6.07) is 8.67. The van der Waals surface area contributed by atoms with Gasteiger partial charge in [0.05, 0.1) is 0 Å². The van der Waals surface area contributed by atoms with Gasteiger partial charge in [-0.05, 0) is 23.5 Å². The van der Waals surface area contributed by atoms with Gasteiger partial charge in [-0.3, -0.25) is 0 Å². The third-order valence-electron chi connectivity index (χ3n) is 6.37. The van der Waals surface area contributed by atoms with Crippen LogP contribution in [0.3, 0.4) is 0 Å². The molecule has 0 fully saturated rings. The molecule has 3 heteroatoms. The molecule has 0 saturated heterocycles. The van der Waals surface area contributed by atoms with Crippen LogP contribution < -0.4 is 0 Å². The molecule has 1 aliphatic carbocycles. The topological polar surface area (TPSA) is 18.5 Å². The molecule has 0 heterocycles. The molecule has 2 atom stereocenters. The van der Waals surface area contributed by atoms with Gasteiger partial charge >= 0.3 is 8.56 Å². The smallest absolute Gasteiger partial charge is 0.354 e. The van der Waals surface area contributed by atoms with Crippen LogP contribution in [0, 0.1) is 5.92 Å². The molecule has 0 amide bonds. The van der Waals surface area contributed by atoms with E-state index in [1.807, 2.05) is 14.2 Å². The maximum atomic E-state index is 6.34. The van der Waals surface area contributed by atoms with Crippen LogP contribution in [0.25, 0.3) is 6.08 Å². The average molecular weight is 347 g/mol. The highest BCUT2D eigenvalue weighted by Crippen LogP contribution is 2.60. The van der Waals surface area contributed by atoms with Crippen molar-refractivity contribution in [1.82, 2.24) is 0 Å². The highest BCUT2D eigenvalue weighted by atomic mass is 28.4. The second kappa shape index (κ2) is 7.15. The van der Waals surface area contributed by atoms with E-state index in [2.05, 4.69) is 71.0 Å². The van der Waals surface area contributed by atoms with Crippen LogP contribution in [0.4, 0.5) is 0 Å². The van der Waals surface area contributed by atoms with E-state index in [9.17, 15) is 0 Å². The molecule has 2 nitrogen and oxygen atoms in total. The van der Waals surface area contributed by atoms with E-state index in [1.165, 1.54) is 24.0 Å². The Morgan fingerprint density at radius 2 is 1.83 bits per heavy atom. The maximum absolute atomic E-state index is 6.34. The molecule has 0 saturated carbocycles. The molecule has 1 aromatic carbocycles. The predicted octanol–water partition coefficient (Wildman–Crippen LogP) is 5.97. The normalized spacial score (nSPS) is 22.3. The molecule has 0 aliphatic heterocycles. The average Bonchev–Trinajstić information content (AvgIpc) is 2.56. The lowest BCUT2D eigenvalue weighted by molar-refractivity contribution is 0.162. The predicted molar refractivity (Wildman–Crippen MR) is 105 cm³/mol. The Morgan fingerprint density at radius 1 is 1.21 bits per heavy atom. The molecule has 2 rings (SSSR count). The fourth-order valence-electron chi connectivity index (χ4n) is 4.74. The highest BCUT2D eigenvalue weighted by molar-refractivity contribution is 6.74. The van der Waals surface area contributed by atoms with Crippen molar-refractivity contribution in [2.24, 2.45) is 5.92 Å². The van der Waals surface area contributed by atoms with Crippen molar-refractivity contribution in [1.29, 1.82) is 0 Å². The molecule has 0 spiro atoms. The first-order valence-corrected chi connectivity index (χ1v) is 11.0. The van der Waals surface area contributed by atoms with Crippen molar-refractivity contribution < 1.29 is 8.85 Å². The molecular formula is C21H34O2Si. The Bertz CT molecular complexity index is 589. The first-order chi connectivity index (χ1) is 11.3. The van der Waals surface area contributed by atoms with Gasteiger partial charge in [-0.15, -0.1) is 0 Å². The van der Waals surface area contributed by atoms with Crippen LogP contribution in [-0.2, 0) is 15.3 Å². The van der Waals surface area contributed by atoms with Crippen molar-refractivity contribution in [2.75, 3.05) is 14.2 Å². The Hall–Kier alpha value is -0.903. The van der Waals surface area contributed by atoms with Gasteiger partial charge in [0.25, 0.3) is 0 Å². The van der Waals surface area contributed by atoms with E-state index in [-0.39, 0.29) is 10.1 Å². The van der Waals surface area contributed by atoms with Crippen molar-refractivity contribution >= 4 is 14.6 Å². The van der Waals surface area contributed by atoms with Crippen LogP contribution in [-0.4, -0.2) is 22.8 Å². The van der Waals surface area contributed by atoms with Crippen LogP contribution in [0.2, 0.25) is 10.1 Å². The molecule has 2 unspecified atom stereocenters. The van der Waals surface area contributed by atoms with Gasteiger partial charge in [-0.25, -0.2) is 0 Å². The van der Waals surface area contributed by atoms with E-state index in [1.54, 1.807) is 0 Å². The largest absolute Gasteiger partial charge is 0.397 e. The van der Waals surface area contributed by atoms with Crippen LogP contribution >= 0.6 is 0 Å². The second-order valence-electron chi connectivity index (χ2n) is 8.06. The van der Waals surface area contributed by atoms with Gasteiger partial charge in [0, 0.05) is 24.3 Å². The maximum Gasteiger partial charge on any atom is 0.354 e. The van der Waals surface area contributed by atoms with Crippen molar-refractivity contribution in [3.8, 4) is 0 Å². The highest BCUT2D eigenvalue weighted by Gasteiger charge is 2.63. The summed E-state index contributed by atoms with van der Waals surface area (Å²) in [6.45, 7) is 11.7. The van der Waals surface area contributed by atoms with Crippen molar-refractivity contribution in [2.45, 2.75) is 64.0 Å². The number of rotatable bonds is 7. The van der Waals surface area contributed by atoms with Crippen LogP contribution in [0.5, 0.6) is 0 Å². The molecular weight excluding hydrogens is 312 g/mol.